The lowest BCUT2D eigenvalue weighted by atomic mass is 10.1. The molecule has 8 heteroatoms. The van der Waals surface area contributed by atoms with Crippen molar-refractivity contribution in [3.63, 3.8) is 0 Å². The van der Waals surface area contributed by atoms with Gasteiger partial charge in [-0.15, -0.1) is 0 Å². The number of carbonyl (C=O) groups excluding carboxylic acids is 2. The largest absolute Gasteiger partial charge is 0.494 e. The topological polar surface area (TPSA) is 72.0 Å². The number of rotatable bonds is 7. The fourth-order valence-electron chi connectivity index (χ4n) is 3.91. The number of hydrogen-bond donors (Lipinski definition) is 0. The van der Waals surface area contributed by atoms with E-state index < -0.39 is 24.3 Å². The number of fused-ring (bicyclic) bond motifs is 1. The van der Waals surface area contributed by atoms with E-state index in [-0.39, 0.29) is 12.3 Å². The number of benzene rings is 2. The molecular weight excluding hydrogens is 425 g/mol. The van der Waals surface area contributed by atoms with Crippen LogP contribution in [-0.2, 0) is 16.1 Å². The molecule has 1 amide bonds. The molecule has 1 saturated heterocycles. The minimum absolute atomic E-state index is 0.138. The van der Waals surface area contributed by atoms with Gasteiger partial charge in [0.05, 0.1) is 12.6 Å². The van der Waals surface area contributed by atoms with E-state index in [2.05, 4.69) is 4.90 Å². The molecule has 0 bridgehead atoms. The lowest BCUT2D eigenvalue weighted by Crippen LogP contribution is -2.31. The molecule has 1 fully saturated rings. The number of likely N-dealkylation sites (N-methyl/N-ethyl adjacent to an activating group) is 1. The fraction of sp³-hybridized carbons (Fsp3) is 0.320. The van der Waals surface area contributed by atoms with Crippen molar-refractivity contribution < 1.29 is 23.5 Å². The second-order valence-corrected chi connectivity index (χ2v) is 8.04. The molecule has 4 rings (SSSR count). The molecule has 1 aliphatic rings. The number of hydrogen-bond acceptors (Lipinski definition) is 6. The van der Waals surface area contributed by atoms with Crippen molar-refractivity contribution in [2.45, 2.75) is 19.4 Å². The zero-order chi connectivity index (χ0) is 23.4. The highest BCUT2D eigenvalue weighted by atomic mass is 19.1. The molecule has 0 N–H and O–H groups in total. The predicted molar refractivity (Wildman–Crippen MR) is 123 cm³/mol. The predicted octanol–water partition coefficient (Wildman–Crippen LogP) is 3.80. The number of aromatic nitrogens is 1. The number of para-hydroxylation sites is 1. The number of methoxy groups -OCH3 is 1. The summed E-state index contributed by atoms with van der Waals surface area (Å²) in [5, 5.41) is 0.831. The molecule has 0 saturated carbocycles. The Balaban J connectivity index is 1.45. The summed E-state index contributed by atoms with van der Waals surface area (Å²) in [4.78, 5) is 33.7. The molecule has 0 radical (unpaired) electrons. The van der Waals surface area contributed by atoms with E-state index in [4.69, 9.17) is 14.5 Å². The standard InChI is InChI=1S/C25H26FN3O4/c1-28(15-17-9-10-22(32-2)20(26)13-17)23(30)16-33-25(31)19-14-18-7-3-4-8-21(18)27-24(19)29-11-5-6-12-29/h3-4,7-10,13-14H,5-6,11-12,15-16H2,1-2H3. The summed E-state index contributed by atoms with van der Waals surface area (Å²) >= 11 is 0. The quantitative estimate of drug-likeness (QED) is 0.509. The van der Waals surface area contributed by atoms with Gasteiger partial charge in [0, 0.05) is 32.1 Å². The number of esters is 1. The van der Waals surface area contributed by atoms with Crippen LogP contribution < -0.4 is 9.64 Å². The lowest BCUT2D eigenvalue weighted by molar-refractivity contribution is -0.133. The zero-order valence-corrected chi connectivity index (χ0v) is 18.7. The van der Waals surface area contributed by atoms with Crippen LogP contribution in [0.5, 0.6) is 5.75 Å². The molecule has 1 aliphatic heterocycles. The van der Waals surface area contributed by atoms with Crippen LogP contribution in [0, 0.1) is 5.82 Å². The molecule has 0 unspecified atom stereocenters. The first-order chi connectivity index (χ1) is 16.0. The van der Waals surface area contributed by atoms with Crippen LogP contribution in [0.25, 0.3) is 10.9 Å². The van der Waals surface area contributed by atoms with Gasteiger partial charge in [-0.2, -0.15) is 0 Å². The highest BCUT2D eigenvalue weighted by Gasteiger charge is 2.24. The highest BCUT2D eigenvalue weighted by Crippen LogP contribution is 2.27. The lowest BCUT2D eigenvalue weighted by Gasteiger charge is -2.21. The third kappa shape index (κ3) is 5.05. The maximum atomic E-state index is 13.9. The number of halogens is 1. The number of nitrogens with zero attached hydrogens (tertiary/aromatic N) is 3. The van der Waals surface area contributed by atoms with Gasteiger partial charge in [-0.3, -0.25) is 4.79 Å². The van der Waals surface area contributed by atoms with Gasteiger partial charge in [-0.1, -0.05) is 24.3 Å². The van der Waals surface area contributed by atoms with Crippen molar-refractivity contribution in [1.29, 1.82) is 0 Å². The Hall–Kier alpha value is -3.68. The van der Waals surface area contributed by atoms with Gasteiger partial charge in [-0.25, -0.2) is 14.2 Å². The van der Waals surface area contributed by atoms with Crippen molar-refractivity contribution in [3.05, 3.63) is 65.5 Å². The minimum atomic E-state index is -0.590. The molecule has 2 heterocycles. The highest BCUT2D eigenvalue weighted by molar-refractivity contribution is 6.00. The van der Waals surface area contributed by atoms with Crippen LogP contribution in [0.4, 0.5) is 10.2 Å². The average molecular weight is 451 g/mol. The van der Waals surface area contributed by atoms with E-state index in [9.17, 15) is 14.0 Å². The summed E-state index contributed by atoms with van der Waals surface area (Å²) in [6.45, 7) is 1.41. The van der Waals surface area contributed by atoms with Gasteiger partial charge in [-0.05, 0) is 42.7 Å². The van der Waals surface area contributed by atoms with Gasteiger partial charge in [0.25, 0.3) is 5.91 Å². The Morgan fingerprint density at radius 3 is 2.61 bits per heavy atom. The van der Waals surface area contributed by atoms with Crippen LogP contribution in [0.3, 0.4) is 0 Å². The van der Waals surface area contributed by atoms with Gasteiger partial charge in [0.2, 0.25) is 0 Å². The van der Waals surface area contributed by atoms with Crippen LogP contribution in [0.15, 0.2) is 48.5 Å². The third-order valence-electron chi connectivity index (χ3n) is 5.72. The third-order valence-corrected chi connectivity index (χ3v) is 5.72. The van der Waals surface area contributed by atoms with Gasteiger partial charge in [0.1, 0.15) is 11.4 Å². The van der Waals surface area contributed by atoms with Crippen LogP contribution >= 0.6 is 0 Å². The number of amides is 1. The Labute approximate surface area is 191 Å². The number of pyridine rings is 1. The second-order valence-electron chi connectivity index (χ2n) is 8.04. The summed E-state index contributed by atoms with van der Waals surface area (Å²) in [5.74, 6) is -0.755. The SMILES string of the molecule is COc1ccc(CN(C)C(=O)COC(=O)c2cc3ccccc3nc2N2CCCC2)cc1F. The first-order valence-corrected chi connectivity index (χ1v) is 10.8. The number of ether oxygens (including phenoxy) is 2. The van der Waals surface area contributed by atoms with E-state index in [0.29, 0.717) is 16.9 Å². The maximum Gasteiger partial charge on any atom is 0.342 e. The average Bonchev–Trinajstić information content (AvgIpc) is 3.36. The normalized spacial score (nSPS) is 13.2. The fourth-order valence-corrected chi connectivity index (χ4v) is 3.91. The summed E-state index contributed by atoms with van der Waals surface area (Å²) in [7, 11) is 2.97. The Bertz CT molecular complexity index is 1180. The molecule has 172 valence electrons. The van der Waals surface area contributed by atoms with Gasteiger partial charge >= 0.3 is 5.97 Å². The number of carbonyl (C=O) groups is 2. The summed E-state index contributed by atoms with van der Waals surface area (Å²) in [5.41, 5.74) is 1.76. The molecule has 0 aliphatic carbocycles. The van der Waals surface area contributed by atoms with Crippen LogP contribution in [0.2, 0.25) is 0 Å². The molecule has 0 spiro atoms. The Kier molecular flexibility index (Phi) is 6.72. The molecule has 2 aromatic carbocycles. The van der Waals surface area contributed by atoms with Gasteiger partial charge < -0.3 is 19.3 Å². The van der Waals surface area contributed by atoms with E-state index >= 15 is 0 Å². The molecular formula is C25H26FN3O4. The molecule has 0 atom stereocenters. The summed E-state index contributed by atoms with van der Waals surface area (Å²) in [6, 6.07) is 13.9. The smallest absolute Gasteiger partial charge is 0.342 e. The van der Waals surface area contributed by atoms with Crippen molar-refractivity contribution in [1.82, 2.24) is 9.88 Å². The first-order valence-electron chi connectivity index (χ1n) is 10.8. The van der Waals surface area contributed by atoms with Crippen molar-refractivity contribution >= 4 is 28.6 Å². The van der Waals surface area contributed by atoms with E-state index in [1.807, 2.05) is 24.3 Å². The van der Waals surface area contributed by atoms with Crippen molar-refractivity contribution in [2.24, 2.45) is 0 Å². The van der Waals surface area contributed by atoms with E-state index in [1.165, 1.54) is 24.1 Å². The molecule has 33 heavy (non-hydrogen) atoms. The summed E-state index contributed by atoms with van der Waals surface area (Å²) in [6.07, 6.45) is 2.08. The minimum Gasteiger partial charge on any atom is -0.494 e. The zero-order valence-electron chi connectivity index (χ0n) is 18.7. The second kappa shape index (κ2) is 9.85. The van der Waals surface area contributed by atoms with Crippen molar-refractivity contribution in [2.75, 3.05) is 38.8 Å². The molecule has 3 aromatic rings. The van der Waals surface area contributed by atoms with E-state index in [1.54, 1.807) is 19.2 Å². The Morgan fingerprint density at radius 1 is 1.12 bits per heavy atom. The van der Waals surface area contributed by atoms with Crippen molar-refractivity contribution in [3.8, 4) is 5.75 Å². The van der Waals surface area contributed by atoms with E-state index in [0.717, 1.165) is 36.8 Å². The first kappa shape index (κ1) is 22.5. The Morgan fingerprint density at radius 2 is 1.88 bits per heavy atom. The van der Waals surface area contributed by atoms with Crippen LogP contribution in [0.1, 0.15) is 28.8 Å². The maximum absolute atomic E-state index is 13.9. The molecule has 7 nitrogen and oxygen atoms in total. The molecule has 1 aromatic heterocycles. The summed E-state index contributed by atoms with van der Waals surface area (Å²) < 4.78 is 24.2. The number of anilines is 1. The van der Waals surface area contributed by atoms with Crippen LogP contribution in [-0.4, -0.2) is 55.6 Å². The monoisotopic (exact) mass is 451 g/mol. The van der Waals surface area contributed by atoms with Gasteiger partial charge in [0.15, 0.2) is 18.2 Å².